The van der Waals surface area contributed by atoms with Gasteiger partial charge in [-0.05, 0) is 56.1 Å². The maximum Gasteiger partial charge on any atom is 0.136 e. The number of nitrogens with zero attached hydrogens (tertiary/aromatic N) is 1. The van der Waals surface area contributed by atoms with Crippen molar-refractivity contribution in [1.29, 1.82) is 0 Å². The summed E-state index contributed by atoms with van der Waals surface area (Å²) in [4.78, 5) is 15.4. The minimum absolute atomic E-state index is 0.311. The number of rotatable bonds is 8. The number of Topliss-reactive ketones (excluding diaryl/α,β-unsaturated/α-hetero) is 1. The second-order valence-corrected chi connectivity index (χ2v) is 8.37. The van der Waals surface area contributed by atoms with E-state index in [9.17, 15) is 4.79 Å². The van der Waals surface area contributed by atoms with Gasteiger partial charge in [0.25, 0.3) is 0 Å². The minimum atomic E-state index is 0.311. The molecule has 2 heteroatoms. The van der Waals surface area contributed by atoms with Crippen LogP contribution in [0.2, 0.25) is 0 Å². The van der Waals surface area contributed by atoms with Crippen molar-refractivity contribution in [3.63, 3.8) is 0 Å². The molecule has 2 aromatic carbocycles. The van der Waals surface area contributed by atoms with Crippen LogP contribution in [0.1, 0.15) is 56.1 Å². The molecule has 0 radical (unpaired) electrons. The van der Waals surface area contributed by atoms with Crippen molar-refractivity contribution in [2.75, 3.05) is 0 Å². The molecule has 2 aromatic rings. The zero-order valence-electron chi connectivity index (χ0n) is 16.2. The lowest BCUT2D eigenvalue weighted by Crippen LogP contribution is -2.44. The predicted octanol–water partition coefficient (Wildman–Crippen LogP) is 5.41. The van der Waals surface area contributed by atoms with Gasteiger partial charge >= 0.3 is 0 Å². The van der Waals surface area contributed by atoms with Gasteiger partial charge in [-0.3, -0.25) is 9.69 Å². The van der Waals surface area contributed by atoms with Crippen LogP contribution in [-0.4, -0.2) is 22.8 Å². The number of ketones is 1. The molecule has 0 amide bonds. The number of aryl methyl sites for hydroxylation is 1. The number of unbranched alkanes of at least 4 members (excludes halogenated alkanes) is 1. The van der Waals surface area contributed by atoms with Crippen LogP contribution in [0.5, 0.6) is 0 Å². The third kappa shape index (κ3) is 4.68. The monoisotopic (exact) mass is 361 g/mol. The highest BCUT2D eigenvalue weighted by Crippen LogP contribution is 2.40. The van der Waals surface area contributed by atoms with Crippen molar-refractivity contribution < 1.29 is 4.79 Å². The smallest absolute Gasteiger partial charge is 0.136 e. The number of carbonyl (C=O) groups is 1. The Balaban J connectivity index is 1.23. The van der Waals surface area contributed by atoms with Gasteiger partial charge in [0.1, 0.15) is 5.78 Å². The average molecular weight is 362 g/mol. The van der Waals surface area contributed by atoms with Gasteiger partial charge in [0.2, 0.25) is 0 Å². The lowest BCUT2D eigenvalue weighted by molar-refractivity contribution is -0.125. The van der Waals surface area contributed by atoms with Gasteiger partial charge in [-0.25, -0.2) is 0 Å². The van der Waals surface area contributed by atoms with Crippen molar-refractivity contribution >= 4 is 5.78 Å². The first kappa shape index (κ1) is 18.4. The first-order valence-corrected chi connectivity index (χ1v) is 10.7. The Hall–Kier alpha value is -1.93. The molecule has 4 rings (SSSR count). The number of carbonyl (C=O) groups excluding carboxylic acids is 1. The van der Waals surface area contributed by atoms with Gasteiger partial charge in [-0.2, -0.15) is 0 Å². The van der Waals surface area contributed by atoms with E-state index in [0.29, 0.717) is 23.8 Å². The second kappa shape index (κ2) is 8.84. The Labute approximate surface area is 163 Å². The Morgan fingerprint density at radius 3 is 2.04 bits per heavy atom. The Morgan fingerprint density at radius 2 is 1.41 bits per heavy atom. The Bertz CT molecular complexity index is 713. The lowest BCUT2D eigenvalue weighted by Gasteiger charge is -2.38. The summed E-state index contributed by atoms with van der Waals surface area (Å²) >= 11 is 0. The second-order valence-electron chi connectivity index (χ2n) is 8.37. The summed E-state index contributed by atoms with van der Waals surface area (Å²) in [6.45, 7) is 1.05. The maximum absolute atomic E-state index is 12.8. The van der Waals surface area contributed by atoms with E-state index in [0.717, 1.165) is 45.1 Å². The van der Waals surface area contributed by atoms with Crippen molar-refractivity contribution in [3.8, 4) is 0 Å². The largest absolute Gasteiger partial charge is 0.299 e. The SMILES string of the molecule is O=C(CCCCc1ccccc1)C1CC2CCC(C1)N2Cc1ccccc1. The average Bonchev–Trinajstić information content (AvgIpc) is 2.94. The van der Waals surface area contributed by atoms with Crippen LogP contribution < -0.4 is 0 Å². The summed E-state index contributed by atoms with van der Waals surface area (Å²) < 4.78 is 0. The molecule has 0 aromatic heterocycles. The topological polar surface area (TPSA) is 20.3 Å². The highest BCUT2D eigenvalue weighted by Gasteiger charge is 2.42. The summed E-state index contributed by atoms with van der Waals surface area (Å²) in [6, 6.07) is 22.6. The summed E-state index contributed by atoms with van der Waals surface area (Å²) in [7, 11) is 0. The maximum atomic E-state index is 12.8. The minimum Gasteiger partial charge on any atom is -0.299 e. The molecule has 0 spiro atoms. The van der Waals surface area contributed by atoms with Gasteiger partial charge in [0.15, 0.2) is 0 Å². The van der Waals surface area contributed by atoms with Crippen molar-refractivity contribution in [2.45, 2.75) is 70.0 Å². The molecule has 0 N–H and O–H groups in total. The van der Waals surface area contributed by atoms with Crippen LogP contribution >= 0.6 is 0 Å². The fourth-order valence-electron chi connectivity index (χ4n) is 5.07. The van der Waals surface area contributed by atoms with E-state index in [4.69, 9.17) is 0 Å². The molecule has 2 aliphatic heterocycles. The molecule has 2 saturated heterocycles. The summed E-state index contributed by atoms with van der Waals surface area (Å²) in [5.41, 5.74) is 2.79. The van der Waals surface area contributed by atoms with Crippen molar-refractivity contribution in [2.24, 2.45) is 5.92 Å². The van der Waals surface area contributed by atoms with E-state index in [1.807, 2.05) is 0 Å². The Kier molecular flexibility index (Phi) is 6.03. The van der Waals surface area contributed by atoms with Crippen LogP contribution in [0.25, 0.3) is 0 Å². The molecule has 2 bridgehead atoms. The standard InChI is InChI=1S/C25H31NO/c27-25(14-8-7-11-20-9-3-1-4-10-20)22-17-23-15-16-24(18-22)26(23)19-21-12-5-2-6-13-21/h1-6,9-10,12-13,22-24H,7-8,11,14-19H2. The van der Waals surface area contributed by atoms with Crippen molar-refractivity contribution in [1.82, 2.24) is 4.90 Å². The third-order valence-corrected chi connectivity index (χ3v) is 6.53. The van der Waals surface area contributed by atoms with Gasteiger partial charge in [-0.15, -0.1) is 0 Å². The molecule has 2 nitrogen and oxygen atoms in total. The van der Waals surface area contributed by atoms with Gasteiger partial charge in [-0.1, -0.05) is 60.7 Å². The van der Waals surface area contributed by atoms with Crippen LogP contribution in [0.3, 0.4) is 0 Å². The molecular formula is C25H31NO. The molecular weight excluding hydrogens is 330 g/mol. The first-order valence-electron chi connectivity index (χ1n) is 10.7. The molecule has 2 atom stereocenters. The number of hydrogen-bond acceptors (Lipinski definition) is 2. The number of fused-ring (bicyclic) bond motifs is 2. The number of hydrogen-bond donors (Lipinski definition) is 0. The van der Waals surface area contributed by atoms with E-state index < -0.39 is 0 Å². The molecule has 0 aliphatic carbocycles. The van der Waals surface area contributed by atoms with Crippen LogP contribution in [-0.2, 0) is 17.8 Å². The van der Waals surface area contributed by atoms with Crippen LogP contribution in [0.15, 0.2) is 60.7 Å². The third-order valence-electron chi connectivity index (χ3n) is 6.53. The predicted molar refractivity (Wildman–Crippen MR) is 111 cm³/mol. The Morgan fingerprint density at radius 1 is 0.815 bits per heavy atom. The highest BCUT2D eigenvalue weighted by molar-refractivity contribution is 5.81. The fourth-order valence-corrected chi connectivity index (χ4v) is 5.07. The molecule has 0 saturated carbocycles. The highest BCUT2D eigenvalue weighted by atomic mass is 16.1. The number of benzene rings is 2. The van der Waals surface area contributed by atoms with E-state index >= 15 is 0 Å². The van der Waals surface area contributed by atoms with Crippen LogP contribution in [0.4, 0.5) is 0 Å². The molecule has 27 heavy (non-hydrogen) atoms. The quantitative estimate of drug-likeness (QED) is 0.586. The zero-order chi connectivity index (χ0) is 18.5. The molecule has 2 unspecified atom stereocenters. The fraction of sp³-hybridized carbons (Fsp3) is 0.480. The van der Waals surface area contributed by atoms with Gasteiger partial charge < -0.3 is 0 Å². The van der Waals surface area contributed by atoms with E-state index in [2.05, 4.69) is 65.6 Å². The van der Waals surface area contributed by atoms with E-state index in [1.54, 1.807) is 0 Å². The summed E-state index contributed by atoms with van der Waals surface area (Å²) in [6.07, 6.45) is 8.74. The molecule has 2 heterocycles. The summed E-state index contributed by atoms with van der Waals surface area (Å²) in [5.74, 6) is 0.838. The summed E-state index contributed by atoms with van der Waals surface area (Å²) in [5, 5.41) is 0. The van der Waals surface area contributed by atoms with Gasteiger partial charge in [0, 0.05) is 31.0 Å². The lowest BCUT2D eigenvalue weighted by atomic mass is 9.85. The molecule has 142 valence electrons. The van der Waals surface area contributed by atoms with E-state index in [1.165, 1.54) is 24.0 Å². The normalized spacial score (nSPS) is 24.8. The van der Waals surface area contributed by atoms with E-state index in [-0.39, 0.29) is 0 Å². The molecule has 2 fully saturated rings. The molecule has 2 aliphatic rings. The van der Waals surface area contributed by atoms with Gasteiger partial charge in [0.05, 0.1) is 0 Å². The van der Waals surface area contributed by atoms with Crippen LogP contribution in [0, 0.1) is 5.92 Å². The zero-order valence-corrected chi connectivity index (χ0v) is 16.2. The first-order chi connectivity index (χ1) is 13.3. The van der Waals surface area contributed by atoms with Crippen molar-refractivity contribution in [3.05, 3.63) is 71.8 Å². The number of piperidine rings is 1.